The van der Waals surface area contributed by atoms with Crippen molar-refractivity contribution in [3.63, 3.8) is 0 Å². The van der Waals surface area contributed by atoms with Crippen LogP contribution in [0.2, 0.25) is 0 Å². The number of hydrogen-bond donors (Lipinski definition) is 0. The second-order valence-electron chi connectivity index (χ2n) is 7.96. The van der Waals surface area contributed by atoms with E-state index < -0.39 is 0 Å². The van der Waals surface area contributed by atoms with E-state index in [2.05, 4.69) is 96.3 Å². The van der Waals surface area contributed by atoms with Gasteiger partial charge in [-0.05, 0) is 75.8 Å². The molecule has 2 aromatic carbocycles. The summed E-state index contributed by atoms with van der Waals surface area (Å²) in [6.07, 6.45) is 5.16. The molecule has 0 aromatic heterocycles. The van der Waals surface area contributed by atoms with Crippen LogP contribution in [-0.4, -0.2) is 26.3 Å². The monoisotopic (exact) mass is 455 g/mol. The standard InChI is InChI=1S/C23H33NO.C3H8.C3H6.C2H6/c1-6-14-25-15-8-13-24(7-2)23-17-22(16-19(4)20(23)5)21-11-9-18(3)10-12-21;2*1-3-2;1-2/h9-12,16-17H,6-8,13-15H2,1-5H3;3H2,1-2H3;3H,1H2,2H3;1-2H3. The molecule has 0 N–H and O–H groups in total. The van der Waals surface area contributed by atoms with Crippen molar-refractivity contribution in [3.8, 4) is 11.1 Å². The van der Waals surface area contributed by atoms with Crippen molar-refractivity contribution in [3.05, 3.63) is 65.7 Å². The van der Waals surface area contributed by atoms with E-state index in [4.69, 9.17) is 4.74 Å². The van der Waals surface area contributed by atoms with Crippen molar-refractivity contribution in [2.24, 2.45) is 0 Å². The van der Waals surface area contributed by atoms with Crippen LogP contribution in [0.25, 0.3) is 11.1 Å². The van der Waals surface area contributed by atoms with Gasteiger partial charge in [0.15, 0.2) is 0 Å². The van der Waals surface area contributed by atoms with E-state index in [9.17, 15) is 0 Å². The van der Waals surface area contributed by atoms with Gasteiger partial charge in [0, 0.05) is 32.0 Å². The minimum absolute atomic E-state index is 0.847. The van der Waals surface area contributed by atoms with Gasteiger partial charge in [-0.25, -0.2) is 0 Å². The molecule has 0 radical (unpaired) electrons. The fraction of sp³-hybridized carbons (Fsp3) is 0.548. The van der Waals surface area contributed by atoms with E-state index >= 15 is 0 Å². The predicted octanol–water partition coefficient (Wildman–Crippen LogP) is 9.56. The van der Waals surface area contributed by atoms with Crippen LogP contribution in [0.3, 0.4) is 0 Å². The molecule has 0 heterocycles. The third kappa shape index (κ3) is 13.9. The largest absolute Gasteiger partial charge is 0.381 e. The molecule has 0 atom stereocenters. The van der Waals surface area contributed by atoms with Gasteiger partial charge in [0.1, 0.15) is 0 Å². The molecule has 33 heavy (non-hydrogen) atoms. The quantitative estimate of drug-likeness (QED) is 0.276. The number of benzene rings is 2. The first-order valence-electron chi connectivity index (χ1n) is 13.0. The van der Waals surface area contributed by atoms with Crippen LogP contribution in [0.5, 0.6) is 0 Å². The Balaban J connectivity index is 0. The third-order valence-electron chi connectivity index (χ3n) is 4.81. The third-order valence-corrected chi connectivity index (χ3v) is 4.81. The number of rotatable bonds is 9. The molecule has 0 aliphatic heterocycles. The van der Waals surface area contributed by atoms with Gasteiger partial charge in [0.2, 0.25) is 0 Å². The van der Waals surface area contributed by atoms with E-state index in [1.165, 1.54) is 39.9 Å². The van der Waals surface area contributed by atoms with E-state index in [1.807, 2.05) is 20.8 Å². The summed E-state index contributed by atoms with van der Waals surface area (Å²) in [5, 5.41) is 0. The lowest BCUT2D eigenvalue weighted by Crippen LogP contribution is -2.26. The highest BCUT2D eigenvalue weighted by molar-refractivity contribution is 5.72. The van der Waals surface area contributed by atoms with E-state index in [0.29, 0.717) is 0 Å². The lowest BCUT2D eigenvalue weighted by atomic mass is 9.97. The van der Waals surface area contributed by atoms with Crippen molar-refractivity contribution in [1.29, 1.82) is 0 Å². The molecular formula is C31H53NO. The van der Waals surface area contributed by atoms with Crippen LogP contribution >= 0.6 is 0 Å². The molecule has 0 aliphatic carbocycles. The molecule has 188 valence electrons. The molecule has 2 aromatic rings. The molecule has 2 heteroatoms. The Labute approximate surface area is 207 Å². The number of hydrogen-bond acceptors (Lipinski definition) is 2. The Hall–Kier alpha value is -2.06. The first kappa shape index (κ1) is 33.1. The highest BCUT2D eigenvalue weighted by Gasteiger charge is 2.12. The van der Waals surface area contributed by atoms with Crippen LogP contribution in [0.15, 0.2) is 49.1 Å². The van der Waals surface area contributed by atoms with Gasteiger partial charge in [0.05, 0.1) is 0 Å². The number of ether oxygens (including phenoxy) is 1. The van der Waals surface area contributed by atoms with Gasteiger partial charge >= 0.3 is 0 Å². The summed E-state index contributed by atoms with van der Waals surface area (Å²) in [4.78, 5) is 2.48. The van der Waals surface area contributed by atoms with Crippen molar-refractivity contribution in [2.75, 3.05) is 31.2 Å². The summed E-state index contributed by atoms with van der Waals surface area (Å²) in [5.41, 5.74) is 7.99. The predicted molar refractivity (Wildman–Crippen MR) is 153 cm³/mol. The normalized spacial score (nSPS) is 9.39. The average Bonchev–Trinajstić information content (AvgIpc) is 2.81. The van der Waals surface area contributed by atoms with Gasteiger partial charge in [-0.3, -0.25) is 0 Å². The Morgan fingerprint density at radius 2 is 1.42 bits per heavy atom. The highest BCUT2D eigenvalue weighted by Crippen LogP contribution is 2.31. The number of nitrogens with zero attached hydrogens (tertiary/aromatic N) is 1. The zero-order valence-corrected chi connectivity index (χ0v) is 23.6. The number of anilines is 1. The summed E-state index contributed by atoms with van der Waals surface area (Å²) in [7, 11) is 0. The summed E-state index contributed by atoms with van der Waals surface area (Å²) in [5.74, 6) is 0. The van der Waals surface area contributed by atoms with Crippen molar-refractivity contribution in [2.45, 2.75) is 88.5 Å². The fourth-order valence-corrected chi connectivity index (χ4v) is 3.13. The van der Waals surface area contributed by atoms with Crippen molar-refractivity contribution in [1.82, 2.24) is 0 Å². The summed E-state index contributed by atoms with van der Waals surface area (Å²) < 4.78 is 5.65. The second-order valence-corrected chi connectivity index (χ2v) is 7.96. The lowest BCUT2D eigenvalue weighted by molar-refractivity contribution is 0.133. The van der Waals surface area contributed by atoms with Gasteiger partial charge in [0.25, 0.3) is 0 Å². The molecule has 0 fully saturated rings. The van der Waals surface area contributed by atoms with Crippen LogP contribution in [0.4, 0.5) is 5.69 Å². The van der Waals surface area contributed by atoms with E-state index in [0.717, 1.165) is 39.1 Å². The van der Waals surface area contributed by atoms with E-state index in [-0.39, 0.29) is 0 Å². The van der Waals surface area contributed by atoms with Crippen molar-refractivity contribution < 1.29 is 4.74 Å². The average molecular weight is 456 g/mol. The fourth-order valence-electron chi connectivity index (χ4n) is 3.13. The Morgan fingerprint density at radius 3 is 1.91 bits per heavy atom. The Morgan fingerprint density at radius 1 is 0.879 bits per heavy atom. The van der Waals surface area contributed by atoms with Gasteiger partial charge in [-0.15, -0.1) is 6.58 Å². The minimum atomic E-state index is 0.847. The van der Waals surface area contributed by atoms with Gasteiger partial charge in [-0.2, -0.15) is 0 Å². The molecule has 0 bridgehead atoms. The maximum absolute atomic E-state index is 5.65. The first-order valence-corrected chi connectivity index (χ1v) is 13.0. The summed E-state index contributed by atoms with van der Waals surface area (Å²) in [6.45, 7) is 28.3. The van der Waals surface area contributed by atoms with Crippen LogP contribution in [-0.2, 0) is 4.74 Å². The zero-order valence-electron chi connectivity index (χ0n) is 23.6. The maximum atomic E-state index is 5.65. The topological polar surface area (TPSA) is 12.5 Å². The zero-order chi connectivity index (χ0) is 25.6. The molecule has 0 amide bonds. The molecule has 0 unspecified atom stereocenters. The van der Waals surface area contributed by atoms with Crippen LogP contribution in [0, 0.1) is 20.8 Å². The Kier molecular flexibility index (Phi) is 21.8. The van der Waals surface area contributed by atoms with Gasteiger partial charge in [-0.1, -0.05) is 83.0 Å². The number of allylic oxidation sites excluding steroid dienone is 1. The van der Waals surface area contributed by atoms with Gasteiger partial charge < -0.3 is 9.64 Å². The lowest BCUT2D eigenvalue weighted by Gasteiger charge is -2.27. The van der Waals surface area contributed by atoms with Crippen LogP contribution < -0.4 is 4.90 Å². The highest BCUT2D eigenvalue weighted by atomic mass is 16.5. The smallest absolute Gasteiger partial charge is 0.0482 e. The maximum Gasteiger partial charge on any atom is 0.0482 e. The molecule has 0 saturated carbocycles. The summed E-state index contributed by atoms with van der Waals surface area (Å²) in [6, 6.07) is 13.5. The summed E-state index contributed by atoms with van der Waals surface area (Å²) >= 11 is 0. The van der Waals surface area contributed by atoms with E-state index in [1.54, 1.807) is 6.08 Å². The molecule has 2 nitrogen and oxygen atoms in total. The molecule has 0 saturated heterocycles. The Bertz CT molecular complexity index is 718. The molecule has 2 rings (SSSR count). The minimum Gasteiger partial charge on any atom is -0.381 e. The molecule has 0 spiro atoms. The first-order chi connectivity index (χ1) is 15.9. The SMILES string of the molecule is C=CC.CC.CCC.CCCOCCCN(CC)c1cc(-c2ccc(C)cc2)cc(C)c1C. The number of aryl methyl sites for hydroxylation is 2. The molecular weight excluding hydrogens is 402 g/mol. The second kappa shape index (κ2) is 21.8. The molecule has 0 aliphatic rings. The van der Waals surface area contributed by atoms with Crippen molar-refractivity contribution >= 4 is 5.69 Å². The van der Waals surface area contributed by atoms with Crippen LogP contribution in [0.1, 0.15) is 84.4 Å².